The number of hydrogen-bond acceptors (Lipinski definition) is 3. The van der Waals surface area contributed by atoms with Gasteiger partial charge in [0.05, 0.1) is 11.4 Å². The summed E-state index contributed by atoms with van der Waals surface area (Å²) in [6.07, 6.45) is 0. The normalized spacial score (nSPS) is 11.4. The van der Waals surface area contributed by atoms with Crippen LogP contribution in [-0.2, 0) is 0 Å². The van der Waals surface area contributed by atoms with Crippen LogP contribution in [0, 0.1) is 0 Å². The minimum absolute atomic E-state index is 0.688. The number of benzene rings is 8. The molecule has 0 unspecified atom stereocenters. The third kappa shape index (κ3) is 5.56. The van der Waals surface area contributed by atoms with E-state index in [9.17, 15) is 0 Å². The fourth-order valence-corrected chi connectivity index (χ4v) is 7.60. The van der Waals surface area contributed by atoms with E-state index in [0.29, 0.717) is 5.82 Å². The molecule has 0 saturated carbocycles. The Hall–Kier alpha value is -7.10. The zero-order valence-electron chi connectivity index (χ0n) is 28.8. The van der Waals surface area contributed by atoms with Gasteiger partial charge in [0.25, 0.3) is 0 Å². The lowest BCUT2D eigenvalue weighted by Crippen LogP contribution is -1.97. The van der Waals surface area contributed by atoms with Crippen molar-refractivity contribution in [2.75, 3.05) is 0 Å². The predicted octanol–water partition coefficient (Wildman–Crippen LogP) is 13.5. The minimum atomic E-state index is 0.688. The average Bonchev–Trinajstić information content (AvgIpc) is 3.63. The summed E-state index contributed by atoms with van der Waals surface area (Å²) in [6.45, 7) is 0. The zero-order chi connectivity index (χ0) is 35.1. The molecule has 0 fully saturated rings. The molecule has 53 heavy (non-hydrogen) atoms. The molecule has 0 aliphatic rings. The van der Waals surface area contributed by atoms with E-state index in [-0.39, 0.29) is 0 Å². The largest absolute Gasteiger partial charge is 0.456 e. The average molecular weight is 677 g/mol. The fraction of sp³-hybridized carbons (Fsp3) is 0. The summed E-state index contributed by atoms with van der Waals surface area (Å²) in [5.74, 6) is 0.688. The number of furan rings is 1. The molecule has 3 heteroatoms. The van der Waals surface area contributed by atoms with Crippen LogP contribution in [0.15, 0.2) is 199 Å². The predicted molar refractivity (Wildman–Crippen MR) is 219 cm³/mol. The third-order valence-corrected chi connectivity index (χ3v) is 10.1. The van der Waals surface area contributed by atoms with Gasteiger partial charge in [0, 0.05) is 27.5 Å². The zero-order valence-corrected chi connectivity index (χ0v) is 28.8. The van der Waals surface area contributed by atoms with Crippen molar-refractivity contribution < 1.29 is 4.42 Å². The van der Waals surface area contributed by atoms with Crippen LogP contribution >= 0.6 is 0 Å². The van der Waals surface area contributed by atoms with E-state index in [2.05, 4.69) is 158 Å². The lowest BCUT2D eigenvalue weighted by atomic mass is 9.88. The molecule has 0 N–H and O–H groups in total. The van der Waals surface area contributed by atoms with Gasteiger partial charge in [0.15, 0.2) is 5.82 Å². The molecule has 2 aromatic heterocycles. The summed E-state index contributed by atoms with van der Waals surface area (Å²) in [7, 11) is 0. The van der Waals surface area contributed by atoms with Crippen molar-refractivity contribution in [2.24, 2.45) is 0 Å². The van der Waals surface area contributed by atoms with Crippen molar-refractivity contribution in [1.82, 2.24) is 9.97 Å². The van der Waals surface area contributed by atoms with Gasteiger partial charge in [0.1, 0.15) is 11.2 Å². The lowest BCUT2D eigenvalue weighted by molar-refractivity contribution is 0.669. The van der Waals surface area contributed by atoms with Gasteiger partial charge in [-0.05, 0) is 80.6 Å². The SMILES string of the molecule is c1ccc(-c2cc(-c3cc(-c4ccccc4-c4cccc5ccccc45)cc(-c4cccc5oc6ccccc6c45)c3)nc(-c3ccccc3)n2)cc1. The summed E-state index contributed by atoms with van der Waals surface area (Å²) in [5.41, 5.74) is 13.3. The lowest BCUT2D eigenvalue weighted by Gasteiger charge is -2.16. The second-order valence-electron chi connectivity index (χ2n) is 13.3. The maximum Gasteiger partial charge on any atom is 0.160 e. The Kier molecular flexibility index (Phi) is 7.47. The first kappa shape index (κ1) is 30.7. The van der Waals surface area contributed by atoms with Crippen LogP contribution in [0.5, 0.6) is 0 Å². The number of hydrogen-bond donors (Lipinski definition) is 0. The molecule has 8 aromatic carbocycles. The van der Waals surface area contributed by atoms with E-state index in [1.807, 2.05) is 36.4 Å². The van der Waals surface area contributed by atoms with E-state index >= 15 is 0 Å². The molecule has 0 spiro atoms. The Balaban J connectivity index is 1.26. The van der Waals surface area contributed by atoms with E-state index in [4.69, 9.17) is 14.4 Å². The van der Waals surface area contributed by atoms with Crippen LogP contribution < -0.4 is 0 Å². The number of aromatic nitrogens is 2. The highest BCUT2D eigenvalue weighted by atomic mass is 16.3. The Morgan fingerprint density at radius 1 is 0.321 bits per heavy atom. The van der Waals surface area contributed by atoms with Crippen molar-refractivity contribution in [2.45, 2.75) is 0 Å². The molecule has 0 bridgehead atoms. The molecular formula is C50H32N2O. The van der Waals surface area contributed by atoms with Gasteiger partial charge in [-0.25, -0.2) is 9.97 Å². The van der Waals surface area contributed by atoms with Crippen molar-refractivity contribution in [3.05, 3.63) is 194 Å². The van der Waals surface area contributed by atoms with Crippen LogP contribution in [-0.4, -0.2) is 9.97 Å². The summed E-state index contributed by atoms with van der Waals surface area (Å²) in [5, 5.41) is 4.65. The standard InChI is InChI=1S/C50H32N2O/c1-3-16-34(17-4-1)45-32-46(52-50(51-45)35-18-5-2-6-19-35)38-30-36(40-22-9-10-23-42(40)43-26-13-20-33-15-7-8-21-39(33)43)29-37(31-38)41-25-14-28-48-49(41)44-24-11-12-27-47(44)53-48/h1-32H. The monoisotopic (exact) mass is 676 g/mol. The number of nitrogens with zero attached hydrogens (tertiary/aromatic N) is 2. The first-order valence-electron chi connectivity index (χ1n) is 17.9. The highest BCUT2D eigenvalue weighted by molar-refractivity contribution is 6.13. The molecule has 0 aliphatic carbocycles. The number of para-hydroxylation sites is 1. The Morgan fingerprint density at radius 3 is 1.66 bits per heavy atom. The first-order valence-corrected chi connectivity index (χ1v) is 17.9. The van der Waals surface area contributed by atoms with Crippen molar-refractivity contribution in [3.63, 3.8) is 0 Å². The minimum Gasteiger partial charge on any atom is -0.456 e. The van der Waals surface area contributed by atoms with Gasteiger partial charge in [-0.2, -0.15) is 0 Å². The Bertz CT molecular complexity index is 2880. The molecule has 0 atom stereocenters. The van der Waals surface area contributed by atoms with Crippen LogP contribution in [0.1, 0.15) is 0 Å². The summed E-state index contributed by atoms with van der Waals surface area (Å²) in [4.78, 5) is 10.4. The summed E-state index contributed by atoms with van der Waals surface area (Å²) in [6, 6.07) is 68.1. The van der Waals surface area contributed by atoms with E-state index in [1.165, 1.54) is 21.9 Å². The molecule has 0 aliphatic heterocycles. The molecular weight excluding hydrogens is 645 g/mol. The first-order chi connectivity index (χ1) is 26.3. The van der Waals surface area contributed by atoms with Crippen molar-refractivity contribution in [1.29, 1.82) is 0 Å². The fourth-order valence-electron chi connectivity index (χ4n) is 7.60. The van der Waals surface area contributed by atoms with Crippen LogP contribution in [0.2, 0.25) is 0 Å². The highest BCUT2D eigenvalue weighted by Crippen LogP contribution is 2.43. The Morgan fingerprint density at radius 2 is 0.849 bits per heavy atom. The molecule has 0 radical (unpaired) electrons. The van der Waals surface area contributed by atoms with Gasteiger partial charge in [-0.1, -0.05) is 158 Å². The van der Waals surface area contributed by atoms with Gasteiger partial charge >= 0.3 is 0 Å². The number of fused-ring (bicyclic) bond motifs is 4. The molecule has 10 rings (SSSR count). The van der Waals surface area contributed by atoms with E-state index in [0.717, 1.165) is 72.3 Å². The summed E-state index contributed by atoms with van der Waals surface area (Å²) < 4.78 is 6.37. The van der Waals surface area contributed by atoms with Gasteiger partial charge < -0.3 is 4.42 Å². The van der Waals surface area contributed by atoms with Gasteiger partial charge in [-0.15, -0.1) is 0 Å². The molecule has 2 heterocycles. The molecule has 248 valence electrons. The quantitative estimate of drug-likeness (QED) is 0.176. The van der Waals surface area contributed by atoms with Crippen LogP contribution in [0.3, 0.4) is 0 Å². The van der Waals surface area contributed by atoms with Crippen LogP contribution in [0.25, 0.3) is 100.0 Å². The van der Waals surface area contributed by atoms with E-state index in [1.54, 1.807) is 0 Å². The molecule has 0 saturated heterocycles. The Labute approximate surface area is 307 Å². The van der Waals surface area contributed by atoms with Crippen LogP contribution in [0.4, 0.5) is 0 Å². The van der Waals surface area contributed by atoms with Crippen molar-refractivity contribution in [3.8, 4) is 67.3 Å². The smallest absolute Gasteiger partial charge is 0.160 e. The number of rotatable bonds is 6. The maximum atomic E-state index is 6.37. The summed E-state index contributed by atoms with van der Waals surface area (Å²) >= 11 is 0. The topological polar surface area (TPSA) is 38.9 Å². The molecule has 10 aromatic rings. The molecule has 0 amide bonds. The highest BCUT2D eigenvalue weighted by Gasteiger charge is 2.18. The molecule has 3 nitrogen and oxygen atoms in total. The maximum absolute atomic E-state index is 6.37. The van der Waals surface area contributed by atoms with Gasteiger partial charge in [-0.3, -0.25) is 0 Å². The van der Waals surface area contributed by atoms with E-state index < -0.39 is 0 Å². The third-order valence-electron chi connectivity index (χ3n) is 10.1. The van der Waals surface area contributed by atoms with Gasteiger partial charge in [0.2, 0.25) is 0 Å². The van der Waals surface area contributed by atoms with Crippen molar-refractivity contribution >= 4 is 32.7 Å². The second kappa shape index (κ2) is 12.9. The second-order valence-corrected chi connectivity index (χ2v) is 13.3.